The van der Waals surface area contributed by atoms with Crippen molar-refractivity contribution >= 4 is 70.4 Å². The molecule has 0 aromatic rings. The van der Waals surface area contributed by atoms with E-state index in [0.717, 1.165) is 103 Å². The zero-order valence-electron chi connectivity index (χ0n) is 73.5. The van der Waals surface area contributed by atoms with Crippen LogP contribution in [0.15, 0.2) is 0 Å². The van der Waals surface area contributed by atoms with E-state index in [2.05, 4.69) is 55.4 Å². The van der Waals surface area contributed by atoms with E-state index < -0.39 is 70.4 Å². The summed E-state index contributed by atoms with van der Waals surface area (Å²) in [6.07, 6.45) is 88.1. The van der Waals surface area contributed by atoms with E-state index >= 15 is 0 Å². The minimum absolute atomic E-state index is 0.646. The molecule has 6 rings (SSSR count). The fourth-order valence-corrected chi connectivity index (χ4v) is 68.8. The molecule has 0 saturated carbocycles. The summed E-state index contributed by atoms with van der Waals surface area (Å²) in [4.78, 5) is 0. The van der Waals surface area contributed by atoms with Crippen LogP contribution >= 0.6 is 0 Å². The van der Waals surface area contributed by atoms with Gasteiger partial charge in [0.05, 0.1) is 0 Å². The quantitative estimate of drug-likeness (QED) is 0.0427. The average molecular weight is 1660 g/mol. The predicted octanol–water partition coefficient (Wildman–Crippen LogP) is 32.0. The molecule has 6 heterocycles. The SMILES string of the molecule is CCCCCCCCCCC[Si]12O[Si]3(CCCCCCCCCCC)O[Si]4(CCCCCCCCCCC)O[Si](CCCCCCCCCCC)(O1)O[Si]1(CCCCCCCCCCC)O[Si](CCCCCCCCCCC)(O2)O[Si](CCCCCCCCCCC)(O3)O[Si](CCCCCCCCCCC)(O4)O1. The summed E-state index contributed by atoms with van der Waals surface area (Å²) < 4.78 is 104. The molecule has 20 heteroatoms. The highest BCUT2D eigenvalue weighted by atomic mass is 28.6. The second-order valence-corrected chi connectivity index (χ2v) is 60.0. The third-order valence-corrected chi connectivity index (χ3v) is 62.0. The van der Waals surface area contributed by atoms with Gasteiger partial charge in [-0.3, -0.25) is 0 Å². The maximum atomic E-state index is 8.67. The molecular weight excluding hydrogens is 1470 g/mol. The molecule has 8 bridgehead atoms. The minimum Gasteiger partial charge on any atom is -0.373 e. The van der Waals surface area contributed by atoms with Crippen LogP contribution in [0.3, 0.4) is 0 Å². The van der Waals surface area contributed by atoms with Gasteiger partial charge in [0.2, 0.25) is 0 Å². The lowest BCUT2D eigenvalue weighted by atomic mass is 10.1. The molecule has 6 saturated heterocycles. The van der Waals surface area contributed by atoms with Crippen molar-refractivity contribution < 1.29 is 49.4 Å². The highest BCUT2D eigenvalue weighted by Gasteiger charge is 2.82. The van der Waals surface area contributed by atoms with Crippen LogP contribution in [0.1, 0.15) is 518 Å². The van der Waals surface area contributed by atoms with Crippen LogP contribution < -0.4 is 0 Å². The molecule has 12 nitrogen and oxygen atoms in total. The molecular formula is C88H184O12Si8. The van der Waals surface area contributed by atoms with Crippen molar-refractivity contribution in [3.63, 3.8) is 0 Å². The topological polar surface area (TPSA) is 111 Å². The molecule has 6 aliphatic heterocycles. The Morgan fingerprint density at radius 1 is 0.0926 bits per heavy atom. The predicted molar refractivity (Wildman–Crippen MR) is 475 cm³/mol. The van der Waals surface area contributed by atoms with E-state index in [0.29, 0.717) is 48.4 Å². The van der Waals surface area contributed by atoms with Crippen molar-refractivity contribution in [3.8, 4) is 0 Å². The summed E-state index contributed by atoms with van der Waals surface area (Å²) >= 11 is 0. The summed E-state index contributed by atoms with van der Waals surface area (Å²) in [7, 11) is -32.4. The van der Waals surface area contributed by atoms with Crippen LogP contribution in [-0.4, -0.2) is 70.4 Å². The molecule has 0 amide bonds. The van der Waals surface area contributed by atoms with Crippen molar-refractivity contribution in [2.75, 3.05) is 0 Å². The molecule has 0 spiro atoms. The molecule has 0 aromatic carbocycles. The fourth-order valence-electron chi connectivity index (χ4n) is 17.8. The summed E-state index contributed by atoms with van der Waals surface area (Å²) in [5.74, 6) is 0. The Kier molecular flexibility index (Phi) is 57.7. The summed E-state index contributed by atoms with van der Waals surface area (Å²) in [6.45, 7) is 18.6. The normalized spacial score (nSPS) is 26.0. The molecule has 0 unspecified atom stereocenters. The monoisotopic (exact) mass is 1660 g/mol. The first-order chi connectivity index (χ1) is 53.0. The van der Waals surface area contributed by atoms with Gasteiger partial charge in [0.25, 0.3) is 0 Å². The first-order valence-corrected chi connectivity index (χ1v) is 64.8. The molecule has 6 fully saturated rings. The van der Waals surface area contributed by atoms with Gasteiger partial charge < -0.3 is 49.4 Å². The smallest absolute Gasteiger partial charge is 0.373 e. The molecule has 0 radical (unpaired) electrons. The second-order valence-electron chi connectivity index (χ2n) is 35.3. The first-order valence-electron chi connectivity index (χ1n) is 49.4. The van der Waals surface area contributed by atoms with Gasteiger partial charge >= 0.3 is 70.4 Å². The number of rotatable bonds is 80. The Morgan fingerprint density at radius 3 is 0.231 bits per heavy atom. The zero-order chi connectivity index (χ0) is 77.1. The van der Waals surface area contributed by atoms with Gasteiger partial charge in [-0.1, -0.05) is 466 Å². The van der Waals surface area contributed by atoms with Gasteiger partial charge in [0.15, 0.2) is 0 Å². The Morgan fingerprint density at radius 2 is 0.157 bits per heavy atom. The number of unbranched alkanes of at least 4 members (excludes halogenated alkanes) is 64. The van der Waals surface area contributed by atoms with Crippen LogP contribution in [-0.2, 0) is 49.4 Å². The van der Waals surface area contributed by atoms with E-state index in [1.165, 1.54) is 360 Å². The van der Waals surface area contributed by atoms with Gasteiger partial charge in [-0.25, -0.2) is 0 Å². The summed E-state index contributed by atoms with van der Waals surface area (Å²) in [5.41, 5.74) is 0. The molecule has 0 aliphatic carbocycles. The summed E-state index contributed by atoms with van der Waals surface area (Å²) in [6, 6.07) is 5.17. The third-order valence-electron chi connectivity index (χ3n) is 24.4. The lowest BCUT2D eigenvalue weighted by Gasteiger charge is -2.63. The van der Waals surface area contributed by atoms with Crippen molar-refractivity contribution in [3.05, 3.63) is 0 Å². The maximum absolute atomic E-state index is 8.67. The largest absolute Gasteiger partial charge is 0.478 e. The van der Waals surface area contributed by atoms with E-state index in [1.54, 1.807) is 0 Å². The van der Waals surface area contributed by atoms with E-state index in [-0.39, 0.29) is 0 Å². The number of hydrogen-bond acceptors (Lipinski definition) is 12. The lowest BCUT2D eigenvalue weighted by Crippen LogP contribution is -2.88. The molecule has 0 aromatic heterocycles. The Bertz CT molecular complexity index is 1590. The van der Waals surface area contributed by atoms with Gasteiger partial charge in [0, 0.05) is 48.4 Å². The van der Waals surface area contributed by atoms with Crippen LogP contribution in [0.25, 0.3) is 0 Å². The Balaban J connectivity index is 1.80. The lowest BCUT2D eigenvalue weighted by molar-refractivity contribution is -0.0314. The maximum Gasteiger partial charge on any atom is 0.478 e. The van der Waals surface area contributed by atoms with Crippen molar-refractivity contribution in [2.24, 2.45) is 0 Å². The standard InChI is InChI=1S/C88H184O12Si8/c1-9-17-25-33-41-49-57-65-73-81-101-89-102(82-74-66-58-50-42-34-26-18-10-2)92-105(85-77-69-61-53-45-37-29-21-13-5)94-103(90-101,83-75-67-59-51-43-35-27-19-11-3)96-107(87-79-71-63-55-47-39-31-23-15-7)97-104(91-101,84-76-68-60-52-44-36-28-20-12-4)95-106(93-102,86-78-70-62-54-46-38-30-22-14-6)99-108(98-105,100-107)88-80-72-64-56-48-40-32-24-16-8/h9-88H2,1-8H3. The van der Waals surface area contributed by atoms with Crippen LogP contribution in [0.4, 0.5) is 0 Å². The average Bonchev–Trinajstić information content (AvgIpc) is 0.688. The number of hydrogen-bond donors (Lipinski definition) is 0. The van der Waals surface area contributed by atoms with Crippen LogP contribution in [0.5, 0.6) is 0 Å². The Labute approximate surface area is 681 Å². The first kappa shape index (κ1) is 99.8. The van der Waals surface area contributed by atoms with E-state index in [1.807, 2.05) is 0 Å². The van der Waals surface area contributed by atoms with E-state index in [4.69, 9.17) is 49.4 Å². The van der Waals surface area contributed by atoms with Gasteiger partial charge in [-0.2, -0.15) is 0 Å². The molecule has 6 aliphatic rings. The van der Waals surface area contributed by atoms with Crippen LogP contribution in [0, 0.1) is 0 Å². The van der Waals surface area contributed by atoms with Gasteiger partial charge in [-0.05, 0) is 51.4 Å². The molecule has 0 N–H and O–H groups in total. The Hall–Kier alpha value is 1.26. The zero-order valence-corrected chi connectivity index (χ0v) is 81.5. The van der Waals surface area contributed by atoms with Crippen molar-refractivity contribution in [2.45, 2.75) is 566 Å². The molecule has 640 valence electrons. The van der Waals surface area contributed by atoms with E-state index in [9.17, 15) is 0 Å². The van der Waals surface area contributed by atoms with Gasteiger partial charge in [0.1, 0.15) is 0 Å². The van der Waals surface area contributed by atoms with Crippen molar-refractivity contribution in [1.82, 2.24) is 0 Å². The second kappa shape index (κ2) is 62.4. The molecule has 0 atom stereocenters. The third kappa shape index (κ3) is 42.3. The fraction of sp³-hybridized carbons (Fsp3) is 1.00. The highest BCUT2D eigenvalue weighted by molar-refractivity contribution is 7.03. The molecule has 108 heavy (non-hydrogen) atoms. The highest BCUT2D eigenvalue weighted by Crippen LogP contribution is 2.56. The van der Waals surface area contributed by atoms with Gasteiger partial charge in [-0.15, -0.1) is 0 Å². The van der Waals surface area contributed by atoms with Crippen LogP contribution in [0.2, 0.25) is 48.4 Å². The minimum atomic E-state index is -4.04. The summed E-state index contributed by atoms with van der Waals surface area (Å²) in [5, 5.41) is 0. The van der Waals surface area contributed by atoms with Crippen molar-refractivity contribution in [1.29, 1.82) is 0 Å².